The normalized spacial score (nSPS) is 28.9. The van der Waals surface area contributed by atoms with Crippen molar-refractivity contribution in [3.8, 4) is 0 Å². The summed E-state index contributed by atoms with van der Waals surface area (Å²) in [5.41, 5.74) is 0.00741. The van der Waals surface area contributed by atoms with Gasteiger partial charge >= 0.3 is 8.25 Å². The second kappa shape index (κ2) is 4.17. The number of nitrogens with zero attached hydrogens (tertiary/aromatic N) is 1. The quantitative estimate of drug-likeness (QED) is 0.744. The van der Waals surface area contributed by atoms with E-state index in [0.29, 0.717) is 0 Å². The van der Waals surface area contributed by atoms with Crippen molar-refractivity contribution < 1.29 is 14.0 Å². The maximum atomic E-state index is 10.7. The van der Waals surface area contributed by atoms with Crippen LogP contribution in [-0.2, 0) is 9.09 Å². The maximum absolute atomic E-state index is 10.7. The largest absolute Gasteiger partial charge is 0.326 e. The molecule has 0 saturated carbocycles. The van der Waals surface area contributed by atoms with Crippen molar-refractivity contribution >= 4 is 8.25 Å². The van der Waals surface area contributed by atoms with Gasteiger partial charge < -0.3 is 9.42 Å². The Balaban J connectivity index is 2.79. The molecular formula is C10H22NO3P. The smallest absolute Gasteiger partial charge is 0.316 e. The second-order valence-corrected chi connectivity index (χ2v) is 6.37. The molecule has 1 aliphatic heterocycles. The molecule has 1 aliphatic rings. The van der Waals surface area contributed by atoms with Gasteiger partial charge in [-0.1, -0.05) is 0 Å². The Kier molecular flexibility index (Phi) is 3.66. The first-order chi connectivity index (χ1) is 6.65. The first-order valence-corrected chi connectivity index (χ1v) is 6.55. The van der Waals surface area contributed by atoms with Crippen molar-refractivity contribution in [1.82, 2.24) is 4.90 Å². The SMILES string of the molecule is CN1C(C)(C)CC(O[PH](=O)O)CC1(C)C. The van der Waals surface area contributed by atoms with Gasteiger partial charge in [0.2, 0.25) is 0 Å². The second-order valence-electron chi connectivity index (χ2n) is 5.60. The minimum atomic E-state index is -2.82. The van der Waals surface area contributed by atoms with Crippen LogP contribution in [0.5, 0.6) is 0 Å². The van der Waals surface area contributed by atoms with Crippen molar-refractivity contribution in [2.45, 2.75) is 57.7 Å². The summed E-state index contributed by atoms with van der Waals surface area (Å²) in [6, 6.07) is 0. The standard InChI is InChI=1S/C10H22NO3P/c1-9(2)6-8(14-15(12)13)7-10(3,4)11(9)5/h8,15H,6-7H2,1-5H3,(H,12,13). The van der Waals surface area contributed by atoms with Gasteiger partial charge in [0.15, 0.2) is 0 Å². The summed E-state index contributed by atoms with van der Waals surface area (Å²) in [6.45, 7) is 8.55. The third-order valence-electron chi connectivity index (χ3n) is 3.54. The lowest BCUT2D eigenvalue weighted by atomic mass is 9.79. The Morgan fingerprint density at radius 2 is 1.67 bits per heavy atom. The lowest BCUT2D eigenvalue weighted by Crippen LogP contribution is -2.59. The van der Waals surface area contributed by atoms with Crippen molar-refractivity contribution in [1.29, 1.82) is 0 Å². The fourth-order valence-electron chi connectivity index (χ4n) is 2.51. The molecular weight excluding hydrogens is 213 g/mol. The minimum absolute atomic E-state index is 0.00370. The van der Waals surface area contributed by atoms with Crippen LogP contribution in [0.4, 0.5) is 0 Å². The molecule has 1 fully saturated rings. The lowest BCUT2D eigenvalue weighted by molar-refractivity contribution is -0.0559. The Hall–Kier alpha value is 0.110. The third kappa shape index (κ3) is 3.04. The van der Waals surface area contributed by atoms with Crippen LogP contribution in [0.3, 0.4) is 0 Å². The molecule has 0 radical (unpaired) electrons. The Bertz CT molecular complexity index is 247. The lowest BCUT2D eigenvalue weighted by Gasteiger charge is -2.53. The average Bonchev–Trinajstić information content (AvgIpc) is 1.97. The van der Waals surface area contributed by atoms with Crippen molar-refractivity contribution in [3.63, 3.8) is 0 Å². The summed E-state index contributed by atoms with van der Waals surface area (Å²) in [5, 5.41) is 0. The van der Waals surface area contributed by atoms with Gasteiger partial charge in [-0.25, -0.2) is 0 Å². The molecule has 0 spiro atoms. The van der Waals surface area contributed by atoms with Crippen molar-refractivity contribution in [3.05, 3.63) is 0 Å². The van der Waals surface area contributed by atoms with E-state index in [2.05, 4.69) is 39.6 Å². The molecule has 4 nitrogen and oxygen atoms in total. The monoisotopic (exact) mass is 235 g/mol. The van der Waals surface area contributed by atoms with E-state index in [1.165, 1.54) is 0 Å². The van der Waals surface area contributed by atoms with Gasteiger partial charge in [-0.3, -0.25) is 9.46 Å². The molecule has 0 aliphatic carbocycles. The molecule has 1 atom stereocenters. The molecule has 0 bridgehead atoms. The van der Waals surface area contributed by atoms with Gasteiger partial charge in [0.05, 0.1) is 6.10 Å². The van der Waals surface area contributed by atoms with Crippen LogP contribution < -0.4 is 0 Å². The number of likely N-dealkylation sites (tertiary alicyclic amines) is 1. The summed E-state index contributed by atoms with van der Waals surface area (Å²) in [5.74, 6) is 0. The topological polar surface area (TPSA) is 49.8 Å². The molecule has 1 saturated heterocycles. The number of hydrogen-bond donors (Lipinski definition) is 1. The molecule has 0 aromatic rings. The Morgan fingerprint density at radius 1 is 1.27 bits per heavy atom. The molecule has 1 rings (SSSR count). The summed E-state index contributed by atoms with van der Waals surface area (Å²) < 4.78 is 15.8. The van der Waals surface area contributed by atoms with Crippen LogP contribution in [0.15, 0.2) is 0 Å². The highest BCUT2D eigenvalue weighted by Gasteiger charge is 2.43. The third-order valence-corrected chi connectivity index (χ3v) is 4.07. The van der Waals surface area contributed by atoms with E-state index in [1.54, 1.807) is 0 Å². The van der Waals surface area contributed by atoms with E-state index >= 15 is 0 Å². The maximum Gasteiger partial charge on any atom is 0.316 e. The van der Waals surface area contributed by atoms with Gasteiger partial charge in [-0.05, 0) is 47.6 Å². The van der Waals surface area contributed by atoms with Crippen LogP contribution in [-0.4, -0.2) is 34.0 Å². The summed E-state index contributed by atoms with van der Waals surface area (Å²) >= 11 is 0. The van der Waals surface area contributed by atoms with E-state index in [-0.39, 0.29) is 17.2 Å². The fourth-order valence-corrected chi connectivity index (χ4v) is 2.96. The van der Waals surface area contributed by atoms with Crippen LogP contribution in [0, 0.1) is 0 Å². The molecule has 1 N–H and O–H groups in total. The Morgan fingerprint density at radius 3 is 2.00 bits per heavy atom. The molecule has 1 unspecified atom stereocenters. The zero-order valence-electron chi connectivity index (χ0n) is 10.2. The van der Waals surface area contributed by atoms with Gasteiger partial charge in [0.1, 0.15) is 0 Å². The van der Waals surface area contributed by atoms with Gasteiger partial charge in [0, 0.05) is 11.1 Å². The van der Waals surface area contributed by atoms with Crippen LogP contribution in [0.1, 0.15) is 40.5 Å². The van der Waals surface area contributed by atoms with Crippen molar-refractivity contribution in [2.75, 3.05) is 7.05 Å². The van der Waals surface area contributed by atoms with Crippen LogP contribution >= 0.6 is 8.25 Å². The van der Waals surface area contributed by atoms with Gasteiger partial charge in [0.25, 0.3) is 0 Å². The van der Waals surface area contributed by atoms with E-state index in [1.807, 2.05) is 0 Å². The Labute approximate surface area is 92.6 Å². The van der Waals surface area contributed by atoms with Crippen LogP contribution in [0.2, 0.25) is 0 Å². The predicted molar refractivity (Wildman–Crippen MR) is 61.2 cm³/mol. The summed E-state index contributed by atoms with van der Waals surface area (Å²) in [7, 11) is -0.723. The molecule has 90 valence electrons. The highest BCUT2D eigenvalue weighted by Crippen LogP contribution is 2.40. The number of rotatable bonds is 2. The van der Waals surface area contributed by atoms with E-state index in [0.717, 1.165) is 12.8 Å². The van der Waals surface area contributed by atoms with Gasteiger partial charge in [-0.15, -0.1) is 0 Å². The zero-order valence-corrected chi connectivity index (χ0v) is 11.2. The average molecular weight is 235 g/mol. The summed E-state index contributed by atoms with van der Waals surface area (Å²) in [6.07, 6.45) is 1.48. The first-order valence-electron chi connectivity index (χ1n) is 5.29. The van der Waals surface area contributed by atoms with Crippen molar-refractivity contribution in [2.24, 2.45) is 0 Å². The predicted octanol–water partition coefficient (Wildman–Crippen LogP) is 2.04. The summed E-state index contributed by atoms with van der Waals surface area (Å²) in [4.78, 5) is 11.1. The minimum Gasteiger partial charge on any atom is -0.326 e. The molecule has 1 heterocycles. The first kappa shape index (κ1) is 13.2. The van der Waals surface area contributed by atoms with E-state index in [9.17, 15) is 4.57 Å². The fraction of sp³-hybridized carbons (Fsp3) is 1.00. The molecule has 15 heavy (non-hydrogen) atoms. The molecule has 0 amide bonds. The molecule has 0 aromatic carbocycles. The molecule has 5 heteroatoms. The molecule has 0 aromatic heterocycles. The van der Waals surface area contributed by atoms with Crippen LogP contribution in [0.25, 0.3) is 0 Å². The zero-order chi connectivity index (χ0) is 11.9. The highest BCUT2D eigenvalue weighted by atomic mass is 31.1. The highest BCUT2D eigenvalue weighted by molar-refractivity contribution is 7.32. The van der Waals surface area contributed by atoms with E-state index < -0.39 is 8.25 Å². The number of piperidine rings is 1. The number of hydrogen-bond acceptors (Lipinski definition) is 3. The van der Waals surface area contributed by atoms with E-state index in [4.69, 9.17) is 9.42 Å². The van der Waals surface area contributed by atoms with Gasteiger partial charge in [-0.2, -0.15) is 0 Å².